The number of nitrogens with one attached hydrogen (secondary N) is 2. The Morgan fingerprint density at radius 2 is 2.22 bits per heavy atom. The molecule has 2 fully saturated rings. The quantitative estimate of drug-likeness (QED) is 0.742. The van der Waals surface area contributed by atoms with E-state index >= 15 is 0 Å². The first-order chi connectivity index (χ1) is 11.0. The molecule has 1 saturated heterocycles. The maximum atomic E-state index is 11.6. The zero-order valence-corrected chi connectivity index (χ0v) is 15.4. The lowest BCUT2D eigenvalue weighted by molar-refractivity contribution is 0.196. The third-order valence-corrected chi connectivity index (χ3v) is 7.50. The minimum absolute atomic E-state index is 0.213. The second-order valence-electron chi connectivity index (χ2n) is 6.81. The molecule has 0 aromatic carbocycles. The normalized spacial score (nSPS) is 23.5. The minimum Gasteiger partial charge on any atom is -0.317 e. The fourth-order valence-electron chi connectivity index (χ4n) is 3.83. The summed E-state index contributed by atoms with van der Waals surface area (Å²) in [6.45, 7) is 4.05. The number of nitrogens with zero attached hydrogens (tertiary/aromatic N) is 1. The van der Waals surface area contributed by atoms with Crippen LogP contribution in [0.3, 0.4) is 0 Å². The maximum absolute atomic E-state index is 11.6. The summed E-state index contributed by atoms with van der Waals surface area (Å²) < 4.78 is 25.7. The van der Waals surface area contributed by atoms with Gasteiger partial charge in [0.15, 0.2) is 0 Å². The Morgan fingerprint density at radius 1 is 1.43 bits per heavy atom. The second kappa shape index (κ2) is 7.19. The van der Waals surface area contributed by atoms with Crippen LogP contribution < -0.4 is 10.0 Å². The summed E-state index contributed by atoms with van der Waals surface area (Å²) >= 11 is 1.73. The second-order valence-corrected chi connectivity index (χ2v) is 9.64. The third kappa shape index (κ3) is 4.33. The average Bonchev–Trinajstić information content (AvgIpc) is 2.97. The molecule has 2 N–H and O–H groups in total. The Morgan fingerprint density at radius 3 is 2.87 bits per heavy atom. The van der Waals surface area contributed by atoms with Crippen LogP contribution in [0.4, 0.5) is 0 Å². The van der Waals surface area contributed by atoms with Crippen LogP contribution in [-0.2, 0) is 16.6 Å². The zero-order chi connectivity index (χ0) is 16.3. The van der Waals surface area contributed by atoms with E-state index in [2.05, 4.69) is 31.8 Å². The van der Waals surface area contributed by atoms with Gasteiger partial charge >= 0.3 is 0 Å². The van der Waals surface area contributed by atoms with Crippen LogP contribution in [0.15, 0.2) is 16.8 Å². The van der Waals surface area contributed by atoms with E-state index < -0.39 is 10.0 Å². The Kier molecular flexibility index (Phi) is 5.42. The first kappa shape index (κ1) is 17.4. The Hall–Kier alpha value is -0.470. The van der Waals surface area contributed by atoms with Gasteiger partial charge in [0.05, 0.1) is 5.75 Å². The lowest BCUT2D eigenvalue weighted by Gasteiger charge is -2.29. The smallest absolute Gasteiger partial charge is 0.211 e. The Labute approximate surface area is 143 Å². The molecule has 0 radical (unpaired) electrons. The fourth-order valence-corrected chi connectivity index (χ4v) is 5.20. The molecule has 2 heterocycles. The van der Waals surface area contributed by atoms with Gasteiger partial charge in [0.2, 0.25) is 10.0 Å². The van der Waals surface area contributed by atoms with Crippen molar-refractivity contribution in [3.8, 4) is 0 Å². The van der Waals surface area contributed by atoms with E-state index in [4.69, 9.17) is 0 Å². The molecule has 1 aliphatic carbocycles. The molecule has 3 rings (SSSR count). The molecule has 0 bridgehead atoms. The molecule has 1 aromatic rings. The lowest BCUT2D eigenvalue weighted by atomic mass is 9.93. The standard InChI is InChI=1S/C16H27N3O2S2/c1-17-23(20,21)10-2-8-19(12-14-3-9-22-13-14)15-11-16(15)4-6-18-7-5-16/h3,9,13,15,17-18H,2,4-8,10-12H2,1H3/t15-/m1/s1. The first-order valence-corrected chi connectivity index (χ1v) is 11.0. The largest absolute Gasteiger partial charge is 0.317 e. The van der Waals surface area contributed by atoms with E-state index in [9.17, 15) is 8.42 Å². The van der Waals surface area contributed by atoms with Gasteiger partial charge in [0, 0.05) is 12.6 Å². The predicted octanol–water partition coefficient (Wildman–Crippen LogP) is 1.63. The van der Waals surface area contributed by atoms with Crippen LogP contribution in [0, 0.1) is 5.41 Å². The molecule has 23 heavy (non-hydrogen) atoms. The molecule has 2 aliphatic rings. The highest BCUT2D eigenvalue weighted by Gasteiger charge is 2.56. The Balaban J connectivity index is 1.60. The van der Waals surface area contributed by atoms with E-state index in [0.29, 0.717) is 17.9 Å². The van der Waals surface area contributed by atoms with E-state index in [1.54, 1.807) is 11.3 Å². The van der Waals surface area contributed by atoms with Gasteiger partial charge in [-0.15, -0.1) is 0 Å². The van der Waals surface area contributed by atoms with E-state index in [-0.39, 0.29) is 5.75 Å². The van der Waals surface area contributed by atoms with E-state index in [1.807, 2.05) is 0 Å². The molecule has 1 aromatic heterocycles. The van der Waals surface area contributed by atoms with Crippen molar-refractivity contribution < 1.29 is 8.42 Å². The van der Waals surface area contributed by atoms with Crippen molar-refractivity contribution in [3.05, 3.63) is 22.4 Å². The number of hydrogen-bond donors (Lipinski definition) is 2. The number of rotatable bonds is 8. The SMILES string of the molecule is CNS(=O)(=O)CCCN(Cc1ccsc1)[C@@H]1CC12CCNCC2. The van der Waals surface area contributed by atoms with Gasteiger partial charge < -0.3 is 5.32 Å². The summed E-state index contributed by atoms with van der Waals surface area (Å²) in [6.07, 6.45) is 4.48. The Bertz CT molecular complexity index is 595. The molecular weight excluding hydrogens is 330 g/mol. The van der Waals surface area contributed by atoms with Crippen molar-refractivity contribution in [1.29, 1.82) is 0 Å². The summed E-state index contributed by atoms with van der Waals surface area (Å²) in [4.78, 5) is 2.53. The lowest BCUT2D eigenvalue weighted by Crippen LogP contribution is -2.37. The highest BCUT2D eigenvalue weighted by Crippen LogP contribution is 2.56. The molecule has 0 unspecified atom stereocenters. The predicted molar refractivity (Wildman–Crippen MR) is 95.1 cm³/mol. The monoisotopic (exact) mass is 357 g/mol. The fraction of sp³-hybridized carbons (Fsp3) is 0.750. The molecule has 130 valence electrons. The van der Waals surface area contributed by atoms with Crippen LogP contribution >= 0.6 is 11.3 Å². The maximum Gasteiger partial charge on any atom is 0.211 e. The highest BCUT2D eigenvalue weighted by atomic mass is 32.2. The topological polar surface area (TPSA) is 61.4 Å². The van der Waals surface area contributed by atoms with Crippen LogP contribution in [0.2, 0.25) is 0 Å². The third-order valence-electron chi connectivity index (χ3n) is 5.32. The molecule has 1 spiro atoms. The van der Waals surface area contributed by atoms with Crippen LogP contribution in [0.5, 0.6) is 0 Å². The van der Waals surface area contributed by atoms with Crippen molar-refractivity contribution in [2.45, 2.75) is 38.3 Å². The van der Waals surface area contributed by atoms with Gasteiger partial charge in [0.1, 0.15) is 0 Å². The molecule has 1 saturated carbocycles. The van der Waals surface area contributed by atoms with Gasteiger partial charge in [-0.1, -0.05) is 0 Å². The molecule has 0 amide bonds. The van der Waals surface area contributed by atoms with Crippen LogP contribution in [0.1, 0.15) is 31.2 Å². The average molecular weight is 358 g/mol. The van der Waals surface area contributed by atoms with Crippen molar-refractivity contribution in [1.82, 2.24) is 14.9 Å². The molecule has 7 heteroatoms. The zero-order valence-electron chi connectivity index (χ0n) is 13.8. The number of thiophene rings is 1. The van der Waals surface area contributed by atoms with Gasteiger partial charge in [0.25, 0.3) is 0 Å². The van der Waals surface area contributed by atoms with Crippen LogP contribution in [0.25, 0.3) is 0 Å². The van der Waals surface area contributed by atoms with Gasteiger partial charge in [-0.25, -0.2) is 13.1 Å². The van der Waals surface area contributed by atoms with Gasteiger partial charge in [-0.2, -0.15) is 11.3 Å². The summed E-state index contributed by atoms with van der Waals surface area (Å²) in [5.74, 6) is 0.213. The number of piperidine rings is 1. The molecule has 1 aliphatic heterocycles. The molecule has 5 nitrogen and oxygen atoms in total. The van der Waals surface area contributed by atoms with Gasteiger partial charge in [-0.3, -0.25) is 4.90 Å². The van der Waals surface area contributed by atoms with E-state index in [0.717, 1.165) is 26.2 Å². The van der Waals surface area contributed by atoms with Gasteiger partial charge in [-0.05, 0) is 80.2 Å². The molecule has 1 atom stereocenters. The molecular formula is C16H27N3O2S2. The van der Waals surface area contributed by atoms with E-state index in [1.165, 1.54) is 31.9 Å². The summed E-state index contributed by atoms with van der Waals surface area (Å²) in [5, 5.41) is 7.77. The van der Waals surface area contributed by atoms with Crippen molar-refractivity contribution in [2.75, 3.05) is 32.4 Å². The van der Waals surface area contributed by atoms with Crippen molar-refractivity contribution in [2.24, 2.45) is 5.41 Å². The number of sulfonamides is 1. The number of hydrogen-bond acceptors (Lipinski definition) is 5. The summed E-state index contributed by atoms with van der Waals surface area (Å²) in [7, 11) is -1.61. The summed E-state index contributed by atoms with van der Waals surface area (Å²) in [6, 6.07) is 2.81. The highest BCUT2D eigenvalue weighted by molar-refractivity contribution is 7.89. The first-order valence-electron chi connectivity index (χ1n) is 8.42. The minimum atomic E-state index is -3.10. The summed E-state index contributed by atoms with van der Waals surface area (Å²) in [5.41, 5.74) is 1.84. The van der Waals surface area contributed by atoms with Crippen molar-refractivity contribution in [3.63, 3.8) is 0 Å². The van der Waals surface area contributed by atoms with Crippen LogP contribution in [-0.4, -0.2) is 51.8 Å². The van der Waals surface area contributed by atoms with Crippen molar-refractivity contribution >= 4 is 21.4 Å².